The maximum absolute atomic E-state index is 12.1. The Morgan fingerprint density at radius 3 is 2.59 bits per heavy atom. The molecule has 0 aromatic heterocycles. The number of amidine groups is 1. The van der Waals surface area contributed by atoms with Gasteiger partial charge >= 0.3 is 0 Å². The van der Waals surface area contributed by atoms with Gasteiger partial charge in [-0.25, -0.2) is 0 Å². The first-order valence-corrected chi connectivity index (χ1v) is 6.25. The number of carbonyl (C=O) groups excluding carboxylic acids is 1. The van der Waals surface area contributed by atoms with E-state index in [9.17, 15) is 4.79 Å². The maximum Gasteiger partial charge on any atom is 0.225 e. The summed E-state index contributed by atoms with van der Waals surface area (Å²) >= 11 is 0. The van der Waals surface area contributed by atoms with Crippen LogP contribution in [0.25, 0.3) is 0 Å². The van der Waals surface area contributed by atoms with Gasteiger partial charge in [-0.1, -0.05) is 12.1 Å². The minimum absolute atomic E-state index is 0.107. The molecule has 0 aromatic carbocycles. The van der Waals surface area contributed by atoms with E-state index in [0.29, 0.717) is 6.54 Å². The summed E-state index contributed by atoms with van der Waals surface area (Å²) in [5.74, 6) is 2.14. The molecule has 0 saturated heterocycles. The van der Waals surface area contributed by atoms with Crippen molar-refractivity contribution < 1.29 is 10.0 Å². The highest BCUT2D eigenvalue weighted by Crippen LogP contribution is 2.54. The predicted molar refractivity (Wildman–Crippen MR) is 64.5 cm³/mol. The van der Waals surface area contributed by atoms with Crippen LogP contribution in [-0.4, -0.2) is 35.4 Å². The van der Waals surface area contributed by atoms with Crippen molar-refractivity contribution >= 4 is 11.7 Å². The normalized spacial score (nSPS) is 33.1. The van der Waals surface area contributed by atoms with Crippen molar-refractivity contribution in [2.45, 2.75) is 26.2 Å². The smallest absolute Gasteiger partial charge is 0.225 e. The van der Waals surface area contributed by atoms with Crippen LogP contribution >= 0.6 is 0 Å². The van der Waals surface area contributed by atoms with Crippen LogP contribution in [0.5, 0.6) is 0 Å². The summed E-state index contributed by atoms with van der Waals surface area (Å²) in [4.78, 5) is 13.9. The van der Waals surface area contributed by atoms with Crippen molar-refractivity contribution in [1.29, 1.82) is 0 Å². The highest BCUT2D eigenvalue weighted by Gasteiger charge is 2.48. The van der Waals surface area contributed by atoms with E-state index in [1.165, 1.54) is 6.42 Å². The molecule has 0 spiro atoms. The topological polar surface area (TPSA) is 78.9 Å². The van der Waals surface area contributed by atoms with E-state index in [4.69, 9.17) is 10.9 Å². The second-order valence-electron chi connectivity index (χ2n) is 5.57. The van der Waals surface area contributed by atoms with Crippen LogP contribution in [-0.2, 0) is 4.79 Å². The zero-order chi connectivity index (χ0) is 12.6. The molecule has 3 atom stereocenters. The fourth-order valence-electron chi connectivity index (χ4n) is 2.92. The quantitative estimate of drug-likeness (QED) is 0.331. The van der Waals surface area contributed by atoms with Crippen LogP contribution < -0.4 is 5.73 Å². The Labute approximate surface area is 102 Å². The lowest BCUT2D eigenvalue weighted by Gasteiger charge is -2.24. The average Bonchev–Trinajstić information content (AvgIpc) is 2.93. The van der Waals surface area contributed by atoms with Gasteiger partial charge in [0.2, 0.25) is 5.91 Å². The van der Waals surface area contributed by atoms with Gasteiger partial charge in [-0.15, -0.1) is 0 Å². The molecular formula is C12H21N3O2. The van der Waals surface area contributed by atoms with Crippen LogP contribution in [0.4, 0.5) is 0 Å². The van der Waals surface area contributed by atoms with Gasteiger partial charge in [0.05, 0.1) is 0 Å². The lowest BCUT2D eigenvalue weighted by Crippen LogP contribution is -2.39. The minimum atomic E-state index is -0.107. The molecule has 0 aliphatic heterocycles. The van der Waals surface area contributed by atoms with E-state index in [2.05, 4.69) is 5.16 Å². The van der Waals surface area contributed by atoms with Crippen molar-refractivity contribution in [3.8, 4) is 0 Å². The summed E-state index contributed by atoms with van der Waals surface area (Å²) in [5, 5.41) is 11.5. The van der Waals surface area contributed by atoms with Crippen LogP contribution in [0.15, 0.2) is 5.16 Å². The lowest BCUT2D eigenvalue weighted by molar-refractivity contribution is -0.134. The van der Waals surface area contributed by atoms with Gasteiger partial charge in [0.1, 0.15) is 5.84 Å². The fraction of sp³-hybridized carbons (Fsp3) is 0.833. The van der Waals surface area contributed by atoms with Crippen molar-refractivity contribution in [2.75, 3.05) is 13.6 Å². The summed E-state index contributed by atoms with van der Waals surface area (Å²) in [5.41, 5.74) is 5.51. The third kappa shape index (κ3) is 2.53. The number of carbonyl (C=O) groups is 1. The largest absolute Gasteiger partial charge is 0.409 e. The predicted octanol–water partition coefficient (Wildman–Crippen LogP) is 0.873. The summed E-state index contributed by atoms with van der Waals surface area (Å²) < 4.78 is 0. The van der Waals surface area contributed by atoms with E-state index >= 15 is 0 Å². The molecule has 2 aliphatic rings. The molecule has 2 saturated carbocycles. The third-order valence-electron chi connectivity index (χ3n) is 4.14. The zero-order valence-electron chi connectivity index (χ0n) is 10.5. The fourth-order valence-corrected chi connectivity index (χ4v) is 2.92. The van der Waals surface area contributed by atoms with Crippen molar-refractivity contribution in [1.82, 2.24) is 4.90 Å². The standard InChI is InChI=1S/C12H21N3O2/c1-7(11(13)14-17)6-15(2)12(16)10-4-8-3-9(8)5-10/h7-10,17H,3-6H2,1-2H3,(H2,13,14). The number of fused-ring (bicyclic) bond motifs is 1. The zero-order valence-corrected chi connectivity index (χ0v) is 10.5. The molecule has 0 bridgehead atoms. The van der Waals surface area contributed by atoms with E-state index < -0.39 is 0 Å². The van der Waals surface area contributed by atoms with Gasteiger partial charge < -0.3 is 15.8 Å². The molecule has 5 nitrogen and oxygen atoms in total. The lowest BCUT2D eigenvalue weighted by atomic mass is 10.0. The van der Waals surface area contributed by atoms with Crippen molar-refractivity contribution in [3.05, 3.63) is 0 Å². The Balaban J connectivity index is 1.82. The molecule has 3 N–H and O–H groups in total. The molecule has 2 rings (SSSR count). The van der Waals surface area contributed by atoms with Crippen LogP contribution in [0, 0.1) is 23.7 Å². The number of amides is 1. The maximum atomic E-state index is 12.1. The Hall–Kier alpha value is -1.26. The van der Waals surface area contributed by atoms with Gasteiger partial charge in [0, 0.05) is 25.4 Å². The van der Waals surface area contributed by atoms with Gasteiger partial charge in [-0.2, -0.15) is 0 Å². The SMILES string of the molecule is CC(CN(C)C(=O)C1CC2CC2C1)C(N)=NO. The van der Waals surface area contributed by atoms with Gasteiger partial charge in [-0.05, 0) is 31.1 Å². The number of hydrogen-bond donors (Lipinski definition) is 2. The molecule has 1 amide bonds. The molecule has 5 heteroatoms. The molecule has 2 aliphatic carbocycles. The Kier molecular flexibility index (Phi) is 3.26. The molecule has 96 valence electrons. The van der Waals surface area contributed by atoms with Crippen LogP contribution in [0.1, 0.15) is 26.2 Å². The number of nitrogens with two attached hydrogens (primary N) is 1. The number of nitrogens with zero attached hydrogens (tertiary/aromatic N) is 2. The molecule has 17 heavy (non-hydrogen) atoms. The summed E-state index contributed by atoms with van der Waals surface area (Å²) in [6.07, 6.45) is 3.45. The molecule has 0 heterocycles. The van der Waals surface area contributed by atoms with E-state index in [1.807, 2.05) is 6.92 Å². The third-order valence-corrected chi connectivity index (χ3v) is 4.14. The van der Waals surface area contributed by atoms with Crippen molar-refractivity contribution in [3.63, 3.8) is 0 Å². The van der Waals surface area contributed by atoms with E-state index in [0.717, 1.165) is 24.7 Å². The number of hydrogen-bond acceptors (Lipinski definition) is 3. The Morgan fingerprint density at radius 1 is 1.47 bits per heavy atom. The molecule has 3 unspecified atom stereocenters. The molecular weight excluding hydrogens is 218 g/mol. The second-order valence-corrected chi connectivity index (χ2v) is 5.57. The second kappa shape index (κ2) is 4.55. The molecule has 2 fully saturated rings. The number of oxime groups is 1. The first-order chi connectivity index (χ1) is 8.02. The summed E-state index contributed by atoms with van der Waals surface area (Å²) in [6.45, 7) is 2.37. The molecule has 0 radical (unpaired) electrons. The Morgan fingerprint density at radius 2 is 2.06 bits per heavy atom. The first kappa shape index (κ1) is 12.2. The van der Waals surface area contributed by atoms with Gasteiger partial charge in [0.25, 0.3) is 0 Å². The highest BCUT2D eigenvalue weighted by molar-refractivity contribution is 5.83. The summed E-state index contributed by atoms with van der Waals surface area (Å²) in [6, 6.07) is 0. The van der Waals surface area contributed by atoms with Crippen molar-refractivity contribution in [2.24, 2.45) is 34.6 Å². The van der Waals surface area contributed by atoms with Crippen LogP contribution in [0.3, 0.4) is 0 Å². The first-order valence-electron chi connectivity index (χ1n) is 6.25. The summed E-state index contributed by atoms with van der Waals surface area (Å²) in [7, 11) is 1.80. The van der Waals surface area contributed by atoms with E-state index in [-0.39, 0.29) is 23.6 Å². The monoisotopic (exact) mass is 239 g/mol. The van der Waals surface area contributed by atoms with E-state index in [1.54, 1.807) is 11.9 Å². The van der Waals surface area contributed by atoms with Gasteiger partial charge in [-0.3, -0.25) is 4.79 Å². The van der Waals surface area contributed by atoms with Crippen LogP contribution in [0.2, 0.25) is 0 Å². The van der Waals surface area contributed by atoms with Gasteiger partial charge in [0.15, 0.2) is 0 Å². The number of rotatable bonds is 4. The average molecular weight is 239 g/mol. The molecule has 0 aromatic rings. The minimum Gasteiger partial charge on any atom is -0.409 e. The Bertz CT molecular complexity index is 333. The highest BCUT2D eigenvalue weighted by atomic mass is 16.4.